The van der Waals surface area contributed by atoms with Gasteiger partial charge in [0, 0.05) is 6.92 Å². The van der Waals surface area contributed by atoms with Gasteiger partial charge in [0.1, 0.15) is 10.6 Å². The molecule has 1 aromatic heterocycles. The molecule has 1 heterocycles. The number of rotatable bonds is 6. The molecule has 0 saturated heterocycles. The van der Waals surface area contributed by atoms with Crippen molar-refractivity contribution in [3.8, 4) is 22.8 Å². The van der Waals surface area contributed by atoms with Crippen molar-refractivity contribution in [2.24, 2.45) is 5.92 Å². The molecule has 26 heavy (non-hydrogen) atoms. The summed E-state index contributed by atoms with van der Waals surface area (Å²) in [5, 5.41) is 13.3. The minimum atomic E-state index is -0.462. The lowest BCUT2D eigenvalue weighted by Gasteiger charge is -2.13. The molecule has 0 bridgehead atoms. The number of hydrogen-bond acceptors (Lipinski definition) is 5. The van der Waals surface area contributed by atoms with Crippen LogP contribution in [0, 0.1) is 17.8 Å². The quantitative estimate of drug-likeness (QED) is 0.755. The van der Waals surface area contributed by atoms with Crippen molar-refractivity contribution in [1.82, 2.24) is 10.3 Å². The number of aromatic nitrogens is 1. The zero-order valence-electron chi connectivity index (χ0n) is 15.4. The van der Waals surface area contributed by atoms with Crippen molar-refractivity contribution < 1.29 is 14.6 Å². The van der Waals surface area contributed by atoms with E-state index >= 15 is 0 Å². The lowest BCUT2D eigenvalue weighted by atomic mass is 10.00. The minimum Gasteiger partial charge on any atom is -0.431 e. The highest BCUT2D eigenvalue weighted by molar-refractivity contribution is 7.13. The number of carbonyl (C=O) groups is 1. The third-order valence-electron chi connectivity index (χ3n) is 3.48. The van der Waals surface area contributed by atoms with Crippen LogP contribution < -0.4 is 10.1 Å². The van der Waals surface area contributed by atoms with E-state index < -0.39 is 6.10 Å². The normalized spacial score (nSPS) is 12.8. The van der Waals surface area contributed by atoms with Crippen LogP contribution in [0.25, 0.3) is 0 Å². The third kappa shape index (κ3) is 6.51. The molecule has 1 aromatic carbocycles. The number of ether oxygens (including phenoxy) is 1. The molecule has 0 saturated carbocycles. The van der Waals surface area contributed by atoms with Crippen molar-refractivity contribution in [2.45, 2.75) is 46.3 Å². The Morgan fingerprint density at radius 2 is 2.00 bits per heavy atom. The van der Waals surface area contributed by atoms with Gasteiger partial charge in [-0.1, -0.05) is 49.2 Å². The highest BCUT2D eigenvalue weighted by Crippen LogP contribution is 2.28. The van der Waals surface area contributed by atoms with Crippen molar-refractivity contribution in [1.29, 1.82) is 0 Å². The van der Waals surface area contributed by atoms with E-state index in [2.05, 4.69) is 36.0 Å². The van der Waals surface area contributed by atoms with Crippen LogP contribution in [0.15, 0.2) is 30.5 Å². The van der Waals surface area contributed by atoms with Gasteiger partial charge in [0.25, 0.3) is 5.19 Å². The van der Waals surface area contributed by atoms with Gasteiger partial charge in [-0.25, -0.2) is 4.98 Å². The van der Waals surface area contributed by atoms with Crippen molar-refractivity contribution >= 4 is 17.2 Å². The second-order valence-corrected chi connectivity index (χ2v) is 7.49. The Hall–Kier alpha value is -2.36. The minimum absolute atomic E-state index is 0.109. The van der Waals surface area contributed by atoms with E-state index in [1.807, 2.05) is 31.2 Å². The van der Waals surface area contributed by atoms with Crippen LogP contribution in [0.5, 0.6) is 10.9 Å². The number of thiazole rings is 1. The van der Waals surface area contributed by atoms with E-state index in [0.717, 1.165) is 16.9 Å². The molecular formula is C20H24N2O3S. The summed E-state index contributed by atoms with van der Waals surface area (Å²) in [5.74, 6) is 6.91. The van der Waals surface area contributed by atoms with Gasteiger partial charge < -0.3 is 15.2 Å². The molecule has 0 spiro atoms. The maximum atomic E-state index is 11.0. The van der Waals surface area contributed by atoms with E-state index in [1.54, 1.807) is 6.20 Å². The molecular weight excluding hydrogens is 348 g/mol. The Morgan fingerprint density at radius 1 is 1.31 bits per heavy atom. The fraction of sp³-hybridized carbons (Fsp3) is 0.400. The Balaban J connectivity index is 1.96. The van der Waals surface area contributed by atoms with E-state index in [9.17, 15) is 9.90 Å². The van der Waals surface area contributed by atoms with Crippen LogP contribution in [-0.2, 0) is 4.79 Å². The fourth-order valence-electron chi connectivity index (χ4n) is 2.32. The zero-order chi connectivity index (χ0) is 19.1. The molecule has 2 rings (SSSR count). The monoisotopic (exact) mass is 372 g/mol. The molecule has 2 unspecified atom stereocenters. The number of amides is 1. The lowest BCUT2D eigenvalue weighted by molar-refractivity contribution is -0.119. The van der Waals surface area contributed by atoms with E-state index in [-0.39, 0.29) is 11.9 Å². The molecule has 0 aliphatic rings. The van der Waals surface area contributed by atoms with Gasteiger partial charge in [0.15, 0.2) is 0 Å². The first-order valence-electron chi connectivity index (χ1n) is 8.54. The Labute approximate surface area is 158 Å². The van der Waals surface area contributed by atoms with E-state index in [0.29, 0.717) is 16.9 Å². The van der Waals surface area contributed by atoms with Gasteiger partial charge >= 0.3 is 0 Å². The largest absolute Gasteiger partial charge is 0.431 e. The maximum Gasteiger partial charge on any atom is 0.279 e. The molecule has 0 radical (unpaired) electrons. The Bertz CT molecular complexity index is 787. The van der Waals surface area contributed by atoms with Crippen LogP contribution in [-0.4, -0.2) is 22.0 Å². The summed E-state index contributed by atoms with van der Waals surface area (Å²) in [6.07, 6.45) is 1.91. The Morgan fingerprint density at radius 3 is 2.62 bits per heavy atom. The number of hydrogen-bond donors (Lipinski definition) is 2. The summed E-state index contributed by atoms with van der Waals surface area (Å²) in [6, 6.07) is 7.16. The van der Waals surface area contributed by atoms with Gasteiger partial charge in [-0.2, -0.15) is 0 Å². The maximum absolute atomic E-state index is 11.0. The standard InChI is InChI=1S/C20H24N2O3S/c1-13(2)11-19(24)16-6-8-17(9-7-16)25-20-21-12-18(26-20)10-5-14(3)22-15(4)23/h6-9,12-14,19,24H,11H2,1-4H3,(H,22,23). The number of nitrogens with zero attached hydrogens (tertiary/aromatic N) is 1. The predicted octanol–water partition coefficient (Wildman–Crippen LogP) is 3.89. The SMILES string of the molecule is CC(=O)NC(C)C#Cc1cnc(Oc2ccc(C(O)CC(C)C)cc2)s1. The fourth-order valence-corrected chi connectivity index (χ4v) is 2.97. The smallest absolute Gasteiger partial charge is 0.279 e. The molecule has 5 nitrogen and oxygen atoms in total. The zero-order valence-corrected chi connectivity index (χ0v) is 16.3. The van der Waals surface area contributed by atoms with E-state index in [4.69, 9.17) is 4.74 Å². The van der Waals surface area contributed by atoms with Crippen molar-refractivity contribution in [3.63, 3.8) is 0 Å². The second kappa shape index (κ2) is 9.37. The number of benzene rings is 1. The van der Waals surface area contributed by atoms with Crippen LogP contribution in [0.1, 0.15) is 50.7 Å². The molecule has 2 aromatic rings. The summed E-state index contributed by atoms with van der Waals surface area (Å²) < 4.78 is 5.73. The predicted molar refractivity (Wildman–Crippen MR) is 103 cm³/mol. The van der Waals surface area contributed by atoms with Crippen LogP contribution in [0.3, 0.4) is 0 Å². The van der Waals surface area contributed by atoms with Crippen LogP contribution in [0.4, 0.5) is 0 Å². The molecule has 0 aliphatic heterocycles. The summed E-state index contributed by atoms with van der Waals surface area (Å²) >= 11 is 1.34. The first-order chi connectivity index (χ1) is 12.3. The number of aliphatic hydroxyl groups is 1. The van der Waals surface area contributed by atoms with Gasteiger partial charge in [0.05, 0.1) is 18.3 Å². The van der Waals surface area contributed by atoms with Crippen molar-refractivity contribution in [3.05, 3.63) is 40.9 Å². The molecule has 1 amide bonds. The summed E-state index contributed by atoms with van der Waals surface area (Å²) in [5.41, 5.74) is 0.878. The molecule has 0 aliphatic carbocycles. The highest BCUT2D eigenvalue weighted by Gasteiger charge is 2.10. The number of aliphatic hydroxyl groups excluding tert-OH is 1. The van der Waals surface area contributed by atoms with Gasteiger partial charge in [-0.05, 0) is 37.0 Å². The van der Waals surface area contributed by atoms with Gasteiger partial charge in [0.2, 0.25) is 5.91 Å². The first-order valence-corrected chi connectivity index (χ1v) is 9.35. The van der Waals surface area contributed by atoms with E-state index in [1.165, 1.54) is 18.3 Å². The average Bonchev–Trinajstić information content (AvgIpc) is 3.00. The Kier molecular flexibility index (Phi) is 7.19. The lowest BCUT2D eigenvalue weighted by Crippen LogP contribution is -2.28. The summed E-state index contributed by atoms with van der Waals surface area (Å²) in [7, 11) is 0. The molecule has 0 fully saturated rings. The molecule has 2 N–H and O–H groups in total. The number of carbonyl (C=O) groups excluding carboxylic acids is 1. The topological polar surface area (TPSA) is 71.5 Å². The molecule has 2 atom stereocenters. The summed E-state index contributed by atoms with van der Waals surface area (Å²) in [4.78, 5) is 15.9. The average molecular weight is 372 g/mol. The molecule has 138 valence electrons. The summed E-state index contributed by atoms with van der Waals surface area (Å²) in [6.45, 7) is 7.45. The third-order valence-corrected chi connectivity index (χ3v) is 4.27. The van der Waals surface area contributed by atoms with Gasteiger partial charge in [-0.15, -0.1) is 0 Å². The van der Waals surface area contributed by atoms with Crippen LogP contribution in [0.2, 0.25) is 0 Å². The molecule has 6 heteroatoms. The first kappa shape index (κ1) is 20.0. The van der Waals surface area contributed by atoms with Crippen molar-refractivity contribution in [2.75, 3.05) is 0 Å². The number of nitrogens with one attached hydrogen (secondary N) is 1. The van der Waals surface area contributed by atoms with Crippen LogP contribution >= 0.6 is 11.3 Å². The second-order valence-electron chi connectivity index (χ2n) is 6.50. The highest BCUT2D eigenvalue weighted by atomic mass is 32.1. The van der Waals surface area contributed by atoms with Gasteiger partial charge in [-0.3, -0.25) is 4.79 Å².